The number of halogens is 1. The number of nitro benzene ring substituents is 1. The predicted molar refractivity (Wildman–Crippen MR) is 97.8 cm³/mol. The fraction of sp³-hybridized carbons (Fsp3) is 0.111. The van der Waals surface area contributed by atoms with Crippen LogP contribution in [0.2, 0.25) is 5.02 Å². The Morgan fingerprint density at radius 3 is 2.67 bits per heavy atom. The van der Waals surface area contributed by atoms with E-state index in [1.165, 1.54) is 12.1 Å². The van der Waals surface area contributed by atoms with Crippen LogP contribution in [0.4, 0.5) is 5.69 Å². The number of methoxy groups -OCH3 is 1. The number of hydrogen-bond donors (Lipinski definition) is 1. The molecule has 0 radical (unpaired) electrons. The molecule has 1 amide bonds. The Morgan fingerprint density at radius 1 is 1.26 bits per heavy atom. The second kappa shape index (κ2) is 7.88. The summed E-state index contributed by atoms with van der Waals surface area (Å²) in [6.07, 6.45) is 0. The lowest BCUT2D eigenvalue weighted by Crippen LogP contribution is -2.23. The Labute approximate surface area is 158 Å². The van der Waals surface area contributed by atoms with Gasteiger partial charge in [-0.2, -0.15) is 0 Å². The van der Waals surface area contributed by atoms with Gasteiger partial charge >= 0.3 is 0 Å². The lowest BCUT2D eigenvalue weighted by atomic mass is 10.1. The molecule has 8 nitrogen and oxygen atoms in total. The molecule has 1 heterocycles. The van der Waals surface area contributed by atoms with Gasteiger partial charge in [0.1, 0.15) is 11.4 Å². The smallest absolute Gasteiger partial charge is 0.270 e. The first-order valence-electron chi connectivity index (χ1n) is 7.80. The molecule has 0 aliphatic carbocycles. The van der Waals surface area contributed by atoms with Crippen molar-refractivity contribution in [3.05, 3.63) is 74.9 Å². The highest BCUT2D eigenvalue weighted by atomic mass is 35.5. The summed E-state index contributed by atoms with van der Waals surface area (Å²) in [5, 5.41) is 17.5. The predicted octanol–water partition coefficient (Wildman–Crippen LogP) is 3.84. The van der Waals surface area contributed by atoms with Gasteiger partial charge in [0.15, 0.2) is 5.76 Å². The van der Waals surface area contributed by atoms with Crippen LogP contribution in [-0.4, -0.2) is 23.1 Å². The van der Waals surface area contributed by atoms with E-state index in [-0.39, 0.29) is 22.8 Å². The van der Waals surface area contributed by atoms with E-state index < -0.39 is 10.8 Å². The molecular weight excluding hydrogens is 374 g/mol. The summed E-state index contributed by atoms with van der Waals surface area (Å²) in [5.41, 5.74) is 1.11. The molecule has 0 aliphatic heterocycles. The number of carbonyl (C=O) groups excluding carboxylic acids is 1. The number of non-ortho nitro benzene ring substituents is 1. The average Bonchev–Trinajstić information content (AvgIpc) is 3.15. The van der Waals surface area contributed by atoms with Crippen LogP contribution in [0.5, 0.6) is 5.75 Å². The van der Waals surface area contributed by atoms with E-state index in [0.717, 1.165) is 17.4 Å². The van der Waals surface area contributed by atoms with Crippen molar-refractivity contribution in [2.75, 3.05) is 7.11 Å². The van der Waals surface area contributed by atoms with Crippen LogP contribution in [0.3, 0.4) is 0 Å². The quantitative estimate of drug-likeness (QED) is 0.508. The molecule has 0 fully saturated rings. The van der Waals surface area contributed by atoms with Gasteiger partial charge in [0.05, 0.1) is 29.2 Å². The van der Waals surface area contributed by atoms with E-state index in [1.54, 1.807) is 25.3 Å². The Balaban J connectivity index is 1.68. The summed E-state index contributed by atoms with van der Waals surface area (Å²) in [7, 11) is 1.58. The minimum atomic E-state index is -0.591. The lowest BCUT2D eigenvalue weighted by molar-refractivity contribution is -0.384. The van der Waals surface area contributed by atoms with Crippen molar-refractivity contribution in [1.29, 1.82) is 0 Å². The molecule has 3 aromatic rings. The van der Waals surface area contributed by atoms with Crippen molar-refractivity contribution in [2.24, 2.45) is 0 Å². The maximum Gasteiger partial charge on any atom is 0.270 e. The number of nitrogens with one attached hydrogen (secondary N) is 1. The van der Waals surface area contributed by atoms with Crippen LogP contribution in [0.25, 0.3) is 11.3 Å². The van der Waals surface area contributed by atoms with Crippen molar-refractivity contribution in [1.82, 2.24) is 10.5 Å². The van der Waals surface area contributed by atoms with Crippen molar-refractivity contribution < 1.29 is 19.0 Å². The molecule has 1 aromatic heterocycles. The molecule has 1 N–H and O–H groups in total. The second-order valence-electron chi connectivity index (χ2n) is 5.51. The standard InChI is InChI=1S/C18H14ClN3O5/c1-26-14-5-2-11(3-6-14)17-8-12(21-27-17)10-20-18(23)15-9-13(22(24)25)4-7-16(15)19/h2-9H,10H2,1H3,(H,20,23). The summed E-state index contributed by atoms with van der Waals surface area (Å²) in [6, 6.07) is 12.6. The van der Waals surface area contributed by atoms with Gasteiger partial charge in [0, 0.05) is 23.8 Å². The van der Waals surface area contributed by atoms with Crippen molar-refractivity contribution in [3.8, 4) is 17.1 Å². The first kappa shape index (κ1) is 18.4. The highest BCUT2D eigenvalue weighted by Crippen LogP contribution is 2.24. The van der Waals surface area contributed by atoms with Crippen LogP contribution >= 0.6 is 11.6 Å². The molecule has 0 atom stereocenters. The van der Waals surface area contributed by atoms with Gasteiger partial charge in [-0.1, -0.05) is 16.8 Å². The highest BCUT2D eigenvalue weighted by molar-refractivity contribution is 6.33. The molecule has 0 unspecified atom stereocenters. The fourth-order valence-electron chi connectivity index (χ4n) is 2.35. The molecule has 27 heavy (non-hydrogen) atoms. The molecule has 3 rings (SSSR count). The second-order valence-corrected chi connectivity index (χ2v) is 5.92. The number of rotatable bonds is 6. The number of ether oxygens (including phenoxy) is 1. The third-order valence-corrected chi connectivity index (χ3v) is 4.10. The van der Waals surface area contributed by atoms with E-state index in [2.05, 4.69) is 10.5 Å². The number of aromatic nitrogens is 1. The average molecular weight is 388 g/mol. The number of hydrogen-bond acceptors (Lipinski definition) is 6. The van der Waals surface area contributed by atoms with Crippen LogP contribution in [-0.2, 0) is 6.54 Å². The number of nitro groups is 1. The Morgan fingerprint density at radius 2 is 2.00 bits per heavy atom. The summed E-state index contributed by atoms with van der Waals surface area (Å²) >= 11 is 5.96. The number of amides is 1. The summed E-state index contributed by atoms with van der Waals surface area (Å²) in [5.74, 6) is 0.715. The molecule has 9 heteroatoms. The van der Waals surface area contributed by atoms with Gasteiger partial charge in [-0.3, -0.25) is 14.9 Å². The molecule has 0 bridgehead atoms. The maximum absolute atomic E-state index is 12.3. The van der Waals surface area contributed by atoms with E-state index in [9.17, 15) is 14.9 Å². The van der Waals surface area contributed by atoms with E-state index in [1.807, 2.05) is 12.1 Å². The minimum Gasteiger partial charge on any atom is -0.497 e. The lowest BCUT2D eigenvalue weighted by Gasteiger charge is -2.05. The third kappa shape index (κ3) is 4.24. The summed E-state index contributed by atoms with van der Waals surface area (Å²) < 4.78 is 10.4. The SMILES string of the molecule is COc1ccc(-c2cc(CNC(=O)c3cc([N+](=O)[O-])ccc3Cl)no2)cc1. The van der Waals surface area contributed by atoms with Gasteiger partial charge in [-0.15, -0.1) is 0 Å². The highest BCUT2D eigenvalue weighted by Gasteiger charge is 2.16. The summed E-state index contributed by atoms with van der Waals surface area (Å²) in [6.45, 7) is 0.0809. The van der Waals surface area contributed by atoms with Gasteiger partial charge in [0.2, 0.25) is 0 Å². The zero-order chi connectivity index (χ0) is 19.4. The Kier molecular flexibility index (Phi) is 5.37. The van der Waals surface area contributed by atoms with Crippen molar-refractivity contribution in [2.45, 2.75) is 6.54 Å². The monoisotopic (exact) mass is 387 g/mol. The molecule has 0 saturated heterocycles. The van der Waals surface area contributed by atoms with Gasteiger partial charge in [0.25, 0.3) is 11.6 Å². The first-order chi connectivity index (χ1) is 13.0. The van der Waals surface area contributed by atoms with E-state index in [0.29, 0.717) is 11.5 Å². The molecule has 0 aliphatic rings. The van der Waals surface area contributed by atoms with E-state index >= 15 is 0 Å². The third-order valence-electron chi connectivity index (χ3n) is 3.77. The molecule has 2 aromatic carbocycles. The van der Waals surface area contributed by atoms with Crippen molar-refractivity contribution in [3.63, 3.8) is 0 Å². The number of carbonyl (C=O) groups is 1. The first-order valence-corrected chi connectivity index (χ1v) is 8.18. The topological polar surface area (TPSA) is 108 Å². The zero-order valence-corrected chi connectivity index (χ0v) is 14.9. The van der Waals surface area contributed by atoms with Gasteiger partial charge in [-0.25, -0.2) is 0 Å². The van der Waals surface area contributed by atoms with Gasteiger partial charge < -0.3 is 14.6 Å². The van der Waals surface area contributed by atoms with Crippen LogP contribution in [0, 0.1) is 10.1 Å². The van der Waals surface area contributed by atoms with E-state index in [4.69, 9.17) is 20.9 Å². The van der Waals surface area contributed by atoms with Crippen molar-refractivity contribution >= 4 is 23.2 Å². The zero-order valence-electron chi connectivity index (χ0n) is 14.1. The van der Waals surface area contributed by atoms with Crippen LogP contribution in [0.1, 0.15) is 16.1 Å². The molecule has 0 spiro atoms. The summed E-state index contributed by atoms with van der Waals surface area (Å²) in [4.78, 5) is 22.5. The number of benzene rings is 2. The largest absolute Gasteiger partial charge is 0.497 e. The fourth-order valence-corrected chi connectivity index (χ4v) is 2.56. The molecule has 138 valence electrons. The normalized spacial score (nSPS) is 10.4. The van der Waals surface area contributed by atoms with Gasteiger partial charge in [-0.05, 0) is 30.3 Å². The maximum atomic E-state index is 12.3. The molecular formula is C18H14ClN3O5. The Hall–Kier alpha value is -3.39. The van der Waals surface area contributed by atoms with Crippen LogP contribution in [0.15, 0.2) is 53.1 Å². The Bertz CT molecular complexity index is 985. The van der Waals surface area contributed by atoms with Crippen LogP contribution < -0.4 is 10.1 Å². The molecule has 0 saturated carbocycles. The minimum absolute atomic E-state index is 0.0183. The number of nitrogens with zero attached hydrogens (tertiary/aromatic N) is 2.